The van der Waals surface area contributed by atoms with Crippen molar-refractivity contribution in [1.29, 1.82) is 5.26 Å². The molecule has 0 aliphatic carbocycles. The molecule has 0 amide bonds. The molecule has 2 nitrogen and oxygen atoms in total. The largest absolute Gasteiger partial charge is 0.401 e. The molecule has 0 fully saturated rings. The summed E-state index contributed by atoms with van der Waals surface area (Å²) in [5.74, 6) is 0. The van der Waals surface area contributed by atoms with E-state index in [2.05, 4.69) is 0 Å². The fourth-order valence-electron chi connectivity index (χ4n) is 0.742. The van der Waals surface area contributed by atoms with Gasteiger partial charge in [-0.1, -0.05) is 0 Å². The van der Waals surface area contributed by atoms with Crippen molar-refractivity contribution >= 4 is 0 Å². The molecule has 0 unspecified atom stereocenters. The highest BCUT2D eigenvalue weighted by atomic mass is 19.4. The van der Waals surface area contributed by atoms with Crippen LogP contribution in [0.1, 0.15) is 13.8 Å². The van der Waals surface area contributed by atoms with Crippen molar-refractivity contribution in [1.82, 2.24) is 4.90 Å². The average molecular weight is 180 g/mol. The Morgan fingerprint density at radius 3 is 2.17 bits per heavy atom. The third kappa shape index (κ3) is 4.97. The van der Waals surface area contributed by atoms with Crippen LogP contribution < -0.4 is 0 Å². The summed E-state index contributed by atoms with van der Waals surface area (Å²) in [6.45, 7) is 2.06. The van der Waals surface area contributed by atoms with Crippen molar-refractivity contribution in [2.24, 2.45) is 0 Å². The van der Waals surface area contributed by atoms with E-state index in [9.17, 15) is 13.2 Å². The van der Waals surface area contributed by atoms with E-state index in [1.807, 2.05) is 0 Å². The summed E-state index contributed by atoms with van der Waals surface area (Å²) in [6.07, 6.45) is -4.22. The second-order valence-corrected chi connectivity index (χ2v) is 2.77. The van der Waals surface area contributed by atoms with Gasteiger partial charge in [0.2, 0.25) is 0 Å². The zero-order chi connectivity index (χ0) is 9.78. The normalized spacial score (nSPS) is 12.2. The zero-order valence-electron chi connectivity index (χ0n) is 7.02. The lowest BCUT2D eigenvalue weighted by Crippen LogP contribution is -2.39. The molecule has 0 aromatic heterocycles. The fraction of sp³-hybridized carbons (Fsp3) is 0.857. The molecule has 0 saturated carbocycles. The Morgan fingerprint density at radius 2 is 1.92 bits per heavy atom. The van der Waals surface area contributed by atoms with Crippen molar-refractivity contribution in [3.63, 3.8) is 0 Å². The Kier molecular flexibility index (Phi) is 4.04. The molecular weight excluding hydrogens is 169 g/mol. The number of halogens is 3. The lowest BCUT2D eigenvalue weighted by atomic mass is 10.3. The van der Waals surface area contributed by atoms with Crippen LogP contribution in [0.2, 0.25) is 0 Å². The Hall–Kier alpha value is -0.760. The Morgan fingerprint density at radius 1 is 1.42 bits per heavy atom. The van der Waals surface area contributed by atoms with Gasteiger partial charge in [0.25, 0.3) is 0 Å². The molecule has 0 aliphatic heterocycles. The molecule has 0 heterocycles. The second-order valence-electron chi connectivity index (χ2n) is 2.77. The lowest BCUT2D eigenvalue weighted by molar-refractivity contribution is -0.147. The first-order valence-corrected chi connectivity index (χ1v) is 3.54. The summed E-state index contributed by atoms with van der Waals surface area (Å²) in [7, 11) is 0. The Bertz CT molecular complexity index is 168. The van der Waals surface area contributed by atoms with Crippen molar-refractivity contribution in [3.05, 3.63) is 0 Å². The van der Waals surface area contributed by atoms with E-state index in [0.29, 0.717) is 0 Å². The number of hydrogen-bond acceptors (Lipinski definition) is 2. The summed E-state index contributed by atoms with van der Waals surface area (Å²) in [4.78, 5) is 1.07. The van der Waals surface area contributed by atoms with E-state index < -0.39 is 12.7 Å². The first kappa shape index (κ1) is 11.2. The highest BCUT2D eigenvalue weighted by Gasteiger charge is 2.31. The SMILES string of the molecule is CC(C)N(CC#N)CC(F)(F)F. The summed E-state index contributed by atoms with van der Waals surface area (Å²) < 4.78 is 35.5. The van der Waals surface area contributed by atoms with E-state index >= 15 is 0 Å². The molecule has 12 heavy (non-hydrogen) atoms. The van der Waals surface area contributed by atoms with Crippen LogP contribution in [0.4, 0.5) is 13.2 Å². The van der Waals surface area contributed by atoms with Gasteiger partial charge in [0.15, 0.2) is 0 Å². The minimum atomic E-state index is -4.22. The maximum atomic E-state index is 11.8. The maximum Gasteiger partial charge on any atom is 0.401 e. The second kappa shape index (κ2) is 4.31. The van der Waals surface area contributed by atoms with Gasteiger partial charge < -0.3 is 0 Å². The smallest absolute Gasteiger partial charge is 0.280 e. The van der Waals surface area contributed by atoms with Crippen molar-refractivity contribution in [2.45, 2.75) is 26.1 Å². The van der Waals surface area contributed by atoms with Gasteiger partial charge in [-0.2, -0.15) is 18.4 Å². The summed E-state index contributed by atoms with van der Waals surface area (Å²) in [6, 6.07) is 1.44. The molecule has 0 saturated heterocycles. The van der Waals surface area contributed by atoms with Crippen LogP contribution >= 0.6 is 0 Å². The molecule has 0 aromatic rings. The Labute approximate surface area is 69.6 Å². The molecule has 0 atom stereocenters. The monoisotopic (exact) mass is 180 g/mol. The molecule has 0 radical (unpaired) electrons. The van der Waals surface area contributed by atoms with Crippen LogP contribution in [0.15, 0.2) is 0 Å². The first-order valence-electron chi connectivity index (χ1n) is 3.54. The predicted molar refractivity (Wildman–Crippen MR) is 38.4 cm³/mol. The van der Waals surface area contributed by atoms with Gasteiger partial charge in [0.05, 0.1) is 19.2 Å². The number of nitriles is 1. The minimum Gasteiger partial charge on any atom is -0.280 e. The number of rotatable bonds is 3. The van der Waals surface area contributed by atoms with Gasteiger partial charge >= 0.3 is 6.18 Å². The third-order valence-corrected chi connectivity index (χ3v) is 1.39. The topological polar surface area (TPSA) is 27.0 Å². The highest BCUT2D eigenvalue weighted by Crippen LogP contribution is 2.17. The van der Waals surface area contributed by atoms with Crippen LogP contribution in [0.5, 0.6) is 0 Å². The molecule has 70 valence electrons. The molecule has 0 spiro atoms. The molecule has 0 bridgehead atoms. The average Bonchev–Trinajstić information content (AvgIpc) is 1.83. The van der Waals surface area contributed by atoms with Crippen molar-refractivity contribution in [3.8, 4) is 6.07 Å². The Balaban J connectivity index is 4.07. The highest BCUT2D eigenvalue weighted by molar-refractivity contribution is 4.79. The van der Waals surface area contributed by atoms with Gasteiger partial charge in [-0.15, -0.1) is 0 Å². The molecule has 0 aromatic carbocycles. The molecule has 0 N–H and O–H groups in total. The van der Waals surface area contributed by atoms with Crippen LogP contribution in [-0.4, -0.2) is 30.2 Å². The molecule has 0 rings (SSSR count). The van der Waals surface area contributed by atoms with Crippen LogP contribution in [-0.2, 0) is 0 Å². The zero-order valence-corrected chi connectivity index (χ0v) is 7.02. The van der Waals surface area contributed by atoms with E-state index in [1.165, 1.54) is 0 Å². The predicted octanol–water partition coefficient (Wildman–Crippen LogP) is 1.78. The third-order valence-electron chi connectivity index (χ3n) is 1.39. The van der Waals surface area contributed by atoms with Crippen LogP contribution in [0.25, 0.3) is 0 Å². The first-order chi connectivity index (χ1) is 5.37. The molecular formula is C7H11F3N2. The van der Waals surface area contributed by atoms with E-state index in [-0.39, 0.29) is 12.6 Å². The van der Waals surface area contributed by atoms with Crippen LogP contribution in [0, 0.1) is 11.3 Å². The molecule has 5 heteroatoms. The van der Waals surface area contributed by atoms with Gasteiger partial charge in [-0.25, -0.2) is 0 Å². The maximum absolute atomic E-state index is 11.8. The van der Waals surface area contributed by atoms with Crippen LogP contribution in [0.3, 0.4) is 0 Å². The fourth-order valence-corrected chi connectivity index (χ4v) is 0.742. The number of nitrogens with zero attached hydrogens (tertiary/aromatic N) is 2. The summed E-state index contributed by atoms with van der Waals surface area (Å²) >= 11 is 0. The quantitative estimate of drug-likeness (QED) is 0.619. The van der Waals surface area contributed by atoms with Crippen molar-refractivity contribution in [2.75, 3.05) is 13.1 Å². The minimum absolute atomic E-state index is 0.183. The summed E-state index contributed by atoms with van der Waals surface area (Å²) in [5, 5.41) is 8.22. The van der Waals surface area contributed by atoms with Crippen molar-refractivity contribution < 1.29 is 13.2 Å². The summed E-state index contributed by atoms with van der Waals surface area (Å²) in [5.41, 5.74) is 0. The standard InChI is InChI=1S/C7H11F3N2/c1-6(2)12(4-3-11)5-7(8,9)10/h6H,4-5H2,1-2H3. The number of hydrogen-bond donors (Lipinski definition) is 0. The van der Waals surface area contributed by atoms with E-state index in [1.54, 1.807) is 19.9 Å². The van der Waals surface area contributed by atoms with Gasteiger partial charge in [0, 0.05) is 6.04 Å². The van der Waals surface area contributed by atoms with Gasteiger partial charge in [-0.3, -0.25) is 4.90 Å². The van der Waals surface area contributed by atoms with Gasteiger partial charge in [-0.05, 0) is 13.8 Å². The van der Waals surface area contributed by atoms with Gasteiger partial charge in [0.1, 0.15) is 0 Å². The van der Waals surface area contributed by atoms with E-state index in [0.717, 1.165) is 4.90 Å². The number of alkyl halides is 3. The molecule has 0 aliphatic rings. The van der Waals surface area contributed by atoms with E-state index in [4.69, 9.17) is 5.26 Å². The lowest BCUT2D eigenvalue weighted by Gasteiger charge is -2.24.